The van der Waals surface area contributed by atoms with Crippen LogP contribution in [0.1, 0.15) is 24.4 Å². The van der Waals surface area contributed by atoms with Gasteiger partial charge in [-0.1, -0.05) is 6.92 Å². The number of rotatable bonds is 3. The Hall–Kier alpha value is -0.980. The fourth-order valence-electron chi connectivity index (χ4n) is 1.79. The van der Waals surface area contributed by atoms with Gasteiger partial charge in [0.25, 0.3) is 0 Å². The van der Waals surface area contributed by atoms with E-state index in [9.17, 15) is 4.79 Å². The summed E-state index contributed by atoms with van der Waals surface area (Å²) in [6.45, 7) is 6.87. The number of carbonyl (C=O) groups is 1. The maximum atomic E-state index is 11.5. The zero-order valence-corrected chi connectivity index (χ0v) is 11.0. The number of likely N-dealkylation sites (N-methyl/N-ethyl adjacent to an activating group) is 1. The summed E-state index contributed by atoms with van der Waals surface area (Å²) in [6, 6.07) is -0.497. The molecule has 1 aliphatic rings. The zero-order chi connectivity index (χ0) is 12.4. The lowest BCUT2D eigenvalue weighted by Gasteiger charge is -2.23. The lowest BCUT2D eigenvalue weighted by molar-refractivity contribution is -0.117. The number of nitrogens with two attached hydrogens (primary N) is 1. The van der Waals surface area contributed by atoms with Gasteiger partial charge in [0.15, 0.2) is 5.13 Å². The minimum Gasteiger partial charge on any atom is -0.320 e. The van der Waals surface area contributed by atoms with Crippen molar-refractivity contribution in [1.82, 2.24) is 9.88 Å². The van der Waals surface area contributed by atoms with Crippen molar-refractivity contribution in [2.24, 2.45) is 5.73 Å². The Bertz CT molecular complexity index is 416. The molecule has 0 saturated carbocycles. The Labute approximate surface area is 105 Å². The molecule has 5 nitrogen and oxygen atoms in total. The number of nitrogens with zero attached hydrogens (tertiary/aromatic N) is 2. The Morgan fingerprint density at radius 1 is 1.71 bits per heavy atom. The van der Waals surface area contributed by atoms with Crippen molar-refractivity contribution < 1.29 is 4.79 Å². The van der Waals surface area contributed by atoms with Crippen LogP contribution in [0.15, 0.2) is 0 Å². The van der Waals surface area contributed by atoms with Gasteiger partial charge in [-0.3, -0.25) is 9.69 Å². The second kappa shape index (κ2) is 5.12. The maximum Gasteiger partial charge on any atom is 0.242 e. The summed E-state index contributed by atoms with van der Waals surface area (Å²) < 4.78 is 0. The van der Waals surface area contributed by atoms with E-state index in [0.717, 1.165) is 31.7 Å². The SMILES string of the molecule is CCN1CCc2nc(NC(=O)C(C)N)sc2C1. The molecule has 1 unspecified atom stereocenters. The summed E-state index contributed by atoms with van der Waals surface area (Å²) in [7, 11) is 0. The fraction of sp³-hybridized carbons (Fsp3) is 0.636. The molecule has 0 radical (unpaired) electrons. The van der Waals surface area contributed by atoms with E-state index in [0.29, 0.717) is 5.13 Å². The lowest BCUT2D eigenvalue weighted by Crippen LogP contribution is -2.32. The van der Waals surface area contributed by atoms with Crippen molar-refractivity contribution >= 4 is 22.4 Å². The standard InChI is InChI=1S/C11H18N4OS/c1-3-15-5-4-8-9(6-15)17-11(13-8)14-10(16)7(2)12/h7H,3-6,12H2,1-2H3,(H,13,14,16). The molecule has 0 aliphatic carbocycles. The van der Waals surface area contributed by atoms with Gasteiger partial charge in [-0.25, -0.2) is 4.98 Å². The van der Waals surface area contributed by atoms with E-state index in [4.69, 9.17) is 5.73 Å². The summed E-state index contributed by atoms with van der Waals surface area (Å²) in [5.74, 6) is -0.177. The molecule has 94 valence electrons. The number of carbonyl (C=O) groups excluding carboxylic acids is 1. The van der Waals surface area contributed by atoms with Crippen LogP contribution in [0, 0.1) is 0 Å². The number of hydrogen-bond donors (Lipinski definition) is 2. The number of nitrogens with one attached hydrogen (secondary N) is 1. The third kappa shape index (κ3) is 2.83. The molecular weight excluding hydrogens is 236 g/mol. The number of amides is 1. The van der Waals surface area contributed by atoms with Gasteiger partial charge in [-0.15, -0.1) is 11.3 Å². The average molecular weight is 254 g/mol. The molecule has 17 heavy (non-hydrogen) atoms. The molecule has 0 fully saturated rings. The molecule has 0 saturated heterocycles. The van der Waals surface area contributed by atoms with Crippen molar-refractivity contribution in [3.05, 3.63) is 10.6 Å². The first-order valence-corrected chi connectivity index (χ1v) is 6.69. The largest absolute Gasteiger partial charge is 0.320 e. The first-order chi connectivity index (χ1) is 8.10. The number of fused-ring (bicyclic) bond motifs is 1. The minimum atomic E-state index is -0.497. The van der Waals surface area contributed by atoms with Crippen molar-refractivity contribution in [2.45, 2.75) is 32.9 Å². The molecule has 6 heteroatoms. The number of hydrogen-bond acceptors (Lipinski definition) is 5. The van der Waals surface area contributed by atoms with Crippen LogP contribution in [0.2, 0.25) is 0 Å². The predicted octanol–water partition coefficient (Wildman–Crippen LogP) is 0.807. The first kappa shape index (κ1) is 12.5. The van der Waals surface area contributed by atoms with Gasteiger partial charge in [0.2, 0.25) is 5.91 Å². The van der Waals surface area contributed by atoms with Crippen LogP contribution in [-0.4, -0.2) is 34.9 Å². The van der Waals surface area contributed by atoms with Crippen LogP contribution in [-0.2, 0) is 17.8 Å². The van der Waals surface area contributed by atoms with Crippen molar-refractivity contribution in [1.29, 1.82) is 0 Å². The Morgan fingerprint density at radius 2 is 2.47 bits per heavy atom. The van der Waals surface area contributed by atoms with Gasteiger partial charge >= 0.3 is 0 Å². The summed E-state index contributed by atoms with van der Waals surface area (Å²) in [6.07, 6.45) is 0.966. The topological polar surface area (TPSA) is 71.2 Å². The third-order valence-corrected chi connectivity index (χ3v) is 3.90. The molecular formula is C11H18N4OS. The first-order valence-electron chi connectivity index (χ1n) is 5.87. The molecule has 2 rings (SSSR count). The van der Waals surface area contributed by atoms with Crippen molar-refractivity contribution in [3.63, 3.8) is 0 Å². The number of thiazole rings is 1. The molecule has 1 amide bonds. The molecule has 1 aliphatic heterocycles. The van der Waals surface area contributed by atoms with Gasteiger partial charge < -0.3 is 11.1 Å². The Kier molecular flexibility index (Phi) is 3.76. The van der Waals surface area contributed by atoms with Crippen LogP contribution in [0.3, 0.4) is 0 Å². The highest BCUT2D eigenvalue weighted by Gasteiger charge is 2.20. The Morgan fingerprint density at radius 3 is 3.12 bits per heavy atom. The summed E-state index contributed by atoms with van der Waals surface area (Å²) in [4.78, 5) is 19.5. The lowest BCUT2D eigenvalue weighted by atomic mass is 10.2. The monoisotopic (exact) mass is 254 g/mol. The number of anilines is 1. The average Bonchev–Trinajstić information content (AvgIpc) is 2.69. The summed E-state index contributed by atoms with van der Waals surface area (Å²) >= 11 is 1.56. The van der Waals surface area contributed by atoms with Gasteiger partial charge in [0.05, 0.1) is 11.7 Å². The van der Waals surface area contributed by atoms with E-state index in [1.54, 1.807) is 18.3 Å². The van der Waals surface area contributed by atoms with Gasteiger partial charge in [0.1, 0.15) is 0 Å². The zero-order valence-electron chi connectivity index (χ0n) is 10.2. The highest BCUT2D eigenvalue weighted by Crippen LogP contribution is 2.28. The van der Waals surface area contributed by atoms with Crippen LogP contribution in [0.4, 0.5) is 5.13 Å². The second-order valence-electron chi connectivity index (χ2n) is 4.29. The number of aromatic nitrogens is 1. The highest BCUT2D eigenvalue weighted by atomic mass is 32.1. The molecule has 1 aromatic heterocycles. The van der Waals surface area contributed by atoms with Crippen LogP contribution in [0.25, 0.3) is 0 Å². The van der Waals surface area contributed by atoms with E-state index in [2.05, 4.69) is 22.1 Å². The van der Waals surface area contributed by atoms with Gasteiger partial charge in [-0.2, -0.15) is 0 Å². The van der Waals surface area contributed by atoms with Crippen molar-refractivity contribution in [2.75, 3.05) is 18.4 Å². The summed E-state index contributed by atoms with van der Waals surface area (Å²) in [5, 5.41) is 3.43. The fourth-order valence-corrected chi connectivity index (χ4v) is 2.84. The van der Waals surface area contributed by atoms with E-state index >= 15 is 0 Å². The Balaban J connectivity index is 2.08. The third-order valence-electron chi connectivity index (χ3n) is 2.90. The van der Waals surface area contributed by atoms with Crippen molar-refractivity contribution in [3.8, 4) is 0 Å². The van der Waals surface area contributed by atoms with Crippen LogP contribution < -0.4 is 11.1 Å². The predicted molar refractivity (Wildman–Crippen MR) is 69.0 cm³/mol. The molecule has 2 heterocycles. The van der Waals surface area contributed by atoms with E-state index < -0.39 is 6.04 Å². The highest BCUT2D eigenvalue weighted by molar-refractivity contribution is 7.15. The normalized spacial score (nSPS) is 17.6. The van der Waals surface area contributed by atoms with Crippen LogP contribution >= 0.6 is 11.3 Å². The quantitative estimate of drug-likeness (QED) is 0.837. The molecule has 0 bridgehead atoms. The molecule has 0 aromatic carbocycles. The maximum absolute atomic E-state index is 11.5. The molecule has 3 N–H and O–H groups in total. The molecule has 1 atom stereocenters. The van der Waals surface area contributed by atoms with Gasteiger partial charge in [-0.05, 0) is 13.5 Å². The molecule has 1 aromatic rings. The van der Waals surface area contributed by atoms with E-state index in [-0.39, 0.29) is 5.91 Å². The minimum absolute atomic E-state index is 0.177. The molecule has 0 spiro atoms. The smallest absolute Gasteiger partial charge is 0.242 e. The van der Waals surface area contributed by atoms with Crippen LogP contribution in [0.5, 0.6) is 0 Å². The van der Waals surface area contributed by atoms with E-state index in [1.165, 1.54) is 4.88 Å². The van der Waals surface area contributed by atoms with Gasteiger partial charge in [0, 0.05) is 24.4 Å². The second-order valence-corrected chi connectivity index (χ2v) is 5.37. The van der Waals surface area contributed by atoms with E-state index in [1.807, 2.05) is 0 Å². The summed E-state index contributed by atoms with van der Waals surface area (Å²) in [5.41, 5.74) is 6.63.